The standard InChI is InChI=1S/C20H20O/c1-17(15-16-21-2)20(19-11-7-4-8-12-19)14-13-18-9-5-3-6-10-18/h3-14,17,20H,1-2H3/b14-13+. The number of methoxy groups -OCH3 is 1. The molecule has 0 N–H and O–H groups in total. The Balaban J connectivity index is 2.26. The molecule has 0 heterocycles. The molecule has 0 bridgehead atoms. The van der Waals surface area contributed by atoms with Crippen molar-refractivity contribution in [3.8, 4) is 12.0 Å². The molecule has 2 unspecified atom stereocenters. The van der Waals surface area contributed by atoms with Crippen molar-refractivity contribution in [2.45, 2.75) is 12.8 Å². The summed E-state index contributed by atoms with van der Waals surface area (Å²) in [7, 11) is 1.59. The number of benzene rings is 2. The molecule has 106 valence electrons. The van der Waals surface area contributed by atoms with Gasteiger partial charge < -0.3 is 4.74 Å². The first-order chi connectivity index (χ1) is 10.3. The van der Waals surface area contributed by atoms with Gasteiger partial charge in [-0.25, -0.2) is 0 Å². The van der Waals surface area contributed by atoms with Crippen molar-refractivity contribution >= 4 is 6.08 Å². The molecule has 1 nitrogen and oxygen atoms in total. The maximum absolute atomic E-state index is 4.88. The van der Waals surface area contributed by atoms with E-state index in [0.717, 1.165) is 0 Å². The van der Waals surface area contributed by atoms with Gasteiger partial charge in [-0.1, -0.05) is 85.7 Å². The first-order valence-corrected chi connectivity index (χ1v) is 7.13. The van der Waals surface area contributed by atoms with Crippen LogP contribution in [0.15, 0.2) is 66.7 Å². The fraction of sp³-hybridized carbons (Fsp3) is 0.200. The summed E-state index contributed by atoms with van der Waals surface area (Å²) in [6.45, 7) is 2.12. The summed E-state index contributed by atoms with van der Waals surface area (Å²) in [6.07, 6.45) is 7.09. The molecule has 0 aliphatic rings. The molecule has 1 heteroatoms. The maximum atomic E-state index is 4.88. The number of hydrogen-bond donors (Lipinski definition) is 0. The van der Waals surface area contributed by atoms with Crippen LogP contribution < -0.4 is 0 Å². The zero-order chi connectivity index (χ0) is 14.9. The fourth-order valence-corrected chi connectivity index (χ4v) is 2.26. The second-order valence-corrected chi connectivity index (χ2v) is 4.95. The largest absolute Gasteiger partial charge is 0.450 e. The Morgan fingerprint density at radius 2 is 1.57 bits per heavy atom. The van der Waals surface area contributed by atoms with Gasteiger partial charge in [0.05, 0.1) is 7.11 Å². The molecule has 0 spiro atoms. The molecule has 0 aliphatic heterocycles. The first kappa shape index (κ1) is 14.9. The van der Waals surface area contributed by atoms with E-state index < -0.39 is 0 Å². The quantitative estimate of drug-likeness (QED) is 0.734. The van der Waals surface area contributed by atoms with Gasteiger partial charge in [-0.05, 0) is 11.1 Å². The molecule has 2 atom stereocenters. The van der Waals surface area contributed by atoms with E-state index in [9.17, 15) is 0 Å². The molecule has 2 aromatic carbocycles. The zero-order valence-electron chi connectivity index (χ0n) is 12.5. The number of allylic oxidation sites excluding steroid dienone is 1. The highest BCUT2D eigenvalue weighted by molar-refractivity contribution is 5.51. The zero-order valence-corrected chi connectivity index (χ0v) is 12.5. The van der Waals surface area contributed by atoms with Crippen molar-refractivity contribution in [1.29, 1.82) is 0 Å². The highest BCUT2D eigenvalue weighted by Crippen LogP contribution is 2.26. The van der Waals surface area contributed by atoms with Gasteiger partial charge in [-0.2, -0.15) is 0 Å². The molecular formula is C20H20O. The summed E-state index contributed by atoms with van der Waals surface area (Å²) >= 11 is 0. The average Bonchev–Trinajstić information content (AvgIpc) is 2.55. The molecule has 0 aromatic heterocycles. The van der Waals surface area contributed by atoms with E-state index in [1.807, 2.05) is 24.3 Å². The van der Waals surface area contributed by atoms with Gasteiger partial charge in [-0.15, -0.1) is 0 Å². The highest BCUT2D eigenvalue weighted by atomic mass is 16.5. The third kappa shape index (κ3) is 4.54. The second-order valence-electron chi connectivity index (χ2n) is 4.95. The number of rotatable bonds is 4. The Labute approximate surface area is 127 Å². The van der Waals surface area contributed by atoms with E-state index in [2.05, 4.69) is 67.5 Å². The van der Waals surface area contributed by atoms with Crippen LogP contribution in [0.2, 0.25) is 0 Å². The van der Waals surface area contributed by atoms with Gasteiger partial charge in [0.15, 0.2) is 0 Å². The Bertz CT molecular complexity index is 617. The Morgan fingerprint density at radius 3 is 2.19 bits per heavy atom. The minimum atomic E-state index is 0.187. The van der Waals surface area contributed by atoms with Gasteiger partial charge in [0, 0.05) is 11.8 Å². The summed E-state index contributed by atoms with van der Waals surface area (Å²) in [5, 5.41) is 0. The van der Waals surface area contributed by atoms with Gasteiger partial charge in [-0.3, -0.25) is 0 Å². The smallest absolute Gasteiger partial charge is 0.110 e. The Hall–Kier alpha value is -2.46. The van der Waals surface area contributed by atoms with Crippen LogP contribution >= 0.6 is 0 Å². The lowest BCUT2D eigenvalue weighted by Crippen LogP contribution is -2.05. The second kappa shape index (κ2) is 7.97. The van der Waals surface area contributed by atoms with Gasteiger partial charge >= 0.3 is 0 Å². The molecule has 0 amide bonds. The molecule has 21 heavy (non-hydrogen) atoms. The van der Waals surface area contributed by atoms with Crippen LogP contribution in [-0.4, -0.2) is 7.11 Å². The van der Waals surface area contributed by atoms with E-state index in [1.54, 1.807) is 7.11 Å². The predicted octanol–water partition coefficient (Wildman–Crippen LogP) is 4.73. The average molecular weight is 276 g/mol. The molecule has 0 saturated carbocycles. The van der Waals surface area contributed by atoms with Crippen LogP contribution in [-0.2, 0) is 4.74 Å². The van der Waals surface area contributed by atoms with Crippen LogP contribution in [0.4, 0.5) is 0 Å². The van der Waals surface area contributed by atoms with Crippen LogP contribution in [0.3, 0.4) is 0 Å². The minimum absolute atomic E-state index is 0.187. The van der Waals surface area contributed by atoms with Crippen LogP contribution in [0.25, 0.3) is 6.08 Å². The normalized spacial score (nSPS) is 13.2. The minimum Gasteiger partial charge on any atom is -0.450 e. The van der Waals surface area contributed by atoms with Crippen LogP contribution in [0.1, 0.15) is 24.0 Å². The van der Waals surface area contributed by atoms with Crippen molar-refractivity contribution in [2.24, 2.45) is 5.92 Å². The van der Waals surface area contributed by atoms with Crippen LogP contribution in [0.5, 0.6) is 0 Å². The van der Waals surface area contributed by atoms with E-state index in [4.69, 9.17) is 4.74 Å². The highest BCUT2D eigenvalue weighted by Gasteiger charge is 2.14. The number of ether oxygens (including phenoxy) is 1. The van der Waals surface area contributed by atoms with Crippen molar-refractivity contribution in [3.05, 3.63) is 77.9 Å². The summed E-state index contributed by atoms with van der Waals surface area (Å²) in [5.41, 5.74) is 2.47. The third-order valence-corrected chi connectivity index (χ3v) is 3.41. The van der Waals surface area contributed by atoms with Gasteiger partial charge in [0.1, 0.15) is 6.11 Å². The molecule has 0 saturated heterocycles. The van der Waals surface area contributed by atoms with E-state index >= 15 is 0 Å². The topological polar surface area (TPSA) is 9.23 Å². The molecule has 2 aromatic rings. The summed E-state index contributed by atoms with van der Waals surface area (Å²) in [4.78, 5) is 0. The first-order valence-electron chi connectivity index (χ1n) is 7.13. The lowest BCUT2D eigenvalue weighted by molar-refractivity contribution is 0.370. The van der Waals surface area contributed by atoms with Crippen molar-refractivity contribution in [2.75, 3.05) is 7.11 Å². The van der Waals surface area contributed by atoms with Crippen molar-refractivity contribution in [3.63, 3.8) is 0 Å². The third-order valence-electron chi connectivity index (χ3n) is 3.41. The number of hydrogen-bond acceptors (Lipinski definition) is 1. The van der Waals surface area contributed by atoms with Gasteiger partial charge in [0.2, 0.25) is 0 Å². The van der Waals surface area contributed by atoms with E-state index in [0.29, 0.717) is 0 Å². The lowest BCUT2D eigenvalue weighted by Gasteiger charge is -2.16. The van der Waals surface area contributed by atoms with Crippen molar-refractivity contribution in [1.82, 2.24) is 0 Å². The van der Waals surface area contributed by atoms with E-state index in [1.165, 1.54) is 11.1 Å². The monoisotopic (exact) mass is 276 g/mol. The van der Waals surface area contributed by atoms with Crippen molar-refractivity contribution < 1.29 is 4.74 Å². The lowest BCUT2D eigenvalue weighted by atomic mass is 9.87. The molecular weight excluding hydrogens is 256 g/mol. The predicted molar refractivity (Wildman–Crippen MR) is 88.6 cm³/mol. The molecule has 2 rings (SSSR count). The summed E-state index contributed by atoms with van der Waals surface area (Å²) < 4.78 is 4.88. The van der Waals surface area contributed by atoms with E-state index in [-0.39, 0.29) is 11.8 Å². The summed E-state index contributed by atoms with van der Waals surface area (Å²) in [5.74, 6) is 3.58. The molecule has 0 radical (unpaired) electrons. The molecule has 0 fully saturated rings. The SMILES string of the molecule is COC#CC(C)C(/C=C/c1ccccc1)c1ccccc1. The fourth-order valence-electron chi connectivity index (χ4n) is 2.26. The maximum Gasteiger partial charge on any atom is 0.110 e. The van der Waals surface area contributed by atoms with Gasteiger partial charge in [0.25, 0.3) is 0 Å². The van der Waals surface area contributed by atoms with Crippen LogP contribution in [0, 0.1) is 17.9 Å². The summed E-state index contributed by atoms with van der Waals surface area (Å²) in [6, 6.07) is 20.8. The Kier molecular flexibility index (Phi) is 5.67. The molecule has 0 aliphatic carbocycles. The Morgan fingerprint density at radius 1 is 0.952 bits per heavy atom.